The van der Waals surface area contributed by atoms with Crippen LogP contribution < -0.4 is 9.47 Å². The van der Waals surface area contributed by atoms with E-state index < -0.39 is 17.7 Å². The van der Waals surface area contributed by atoms with Gasteiger partial charge in [0.25, 0.3) is 11.7 Å². The Hall–Kier alpha value is -4.52. The lowest BCUT2D eigenvalue weighted by Gasteiger charge is -2.26. The molecular weight excluding hydrogens is 504 g/mol. The van der Waals surface area contributed by atoms with E-state index in [4.69, 9.17) is 9.47 Å². The fraction of sp³-hybridized carbons (Fsp3) is 0.273. The molecule has 7 heteroatoms. The maximum absolute atomic E-state index is 13.5. The molecule has 1 aliphatic heterocycles. The molecule has 0 radical (unpaired) electrons. The maximum atomic E-state index is 13.5. The number of fused-ring (bicyclic) bond motifs is 1. The van der Waals surface area contributed by atoms with Gasteiger partial charge in [0, 0.05) is 29.2 Å². The third-order valence-corrected chi connectivity index (χ3v) is 7.59. The lowest BCUT2D eigenvalue weighted by atomic mass is 9.85. The van der Waals surface area contributed by atoms with Gasteiger partial charge in [0.15, 0.2) is 0 Å². The number of aromatic nitrogens is 1. The number of likely N-dealkylation sites (tertiary alicyclic amines) is 1. The molecule has 1 atom stereocenters. The third-order valence-electron chi connectivity index (χ3n) is 7.59. The lowest BCUT2D eigenvalue weighted by molar-refractivity contribution is -0.139. The van der Waals surface area contributed by atoms with Crippen LogP contribution in [0.15, 0.2) is 78.5 Å². The van der Waals surface area contributed by atoms with Gasteiger partial charge in [0.2, 0.25) is 0 Å². The van der Waals surface area contributed by atoms with Crippen molar-refractivity contribution < 1.29 is 24.2 Å². The van der Waals surface area contributed by atoms with Crippen LogP contribution in [0.1, 0.15) is 49.1 Å². The monoisotopic (exact) mass is 538 g/mol. The van der Waals surface area contributed by atoms with Crippen molar-refractivity contribution in [1.29, 1.82) is 0 Å². The van der Waals surface area contributed by atoms with Crippen LogP contribution in [0.25, 0.3) is 16.7 Å². The molecule has 0 unspecified atom stereocenters. The van der Waals surface area contributed by atoms with Crippen LogP contribution in [-0.4, -0.2) is 47.4 Å². The molecule has 40 heavy (non-hydrogen) atoms. The SMILES string of the molecule is COc1ccc(C(O)=C2C(=O)C(=O)N(CCc3c[nH]c4ccc(OC)cc34)[C@@H]2c2ccc(C(C)(C)C)cc2)cc1. The standard InChI is InChI=1S/C33H34N2O5/c1-33(2,3)23-10-6-20(7-11-23)29-28(30(36)21-8-12-24(39-4)13-9-21)31(37)32(38)35(29)17-16-22-19-34-27-15-14-25(40-5)18-26(22)27/h6-15,18-19,29,34,36H,16-17H2,1-5H3/t29-/m1/s1. The molecule has 0 spiro atoms. The highest BCUT2D eigenvalue weighted by molar-refractivity contribution is 6.46. The Balaban J connectivity index is 1.56. The Labute approximate surface area is 234 Å². The number of benzene rings is 3. The average Bonchev–Trinajstić information content (AvgIpc) is 3.48. The molecule has 2 heterocycles. The van der Waals surface area contributed by atoms with Crippen molar-refractivity contribution in [3.8, 4) is 11.5 Å². The van der Waals surface area contributed by atoms with E-state index in [0.29, 0.717) is 24.3 Å². The minimum atomic E-state index is -0.726. The maximum Gasteiger partial charge on any atom is 0.295 e. The Morgan fingerprint density at radius 2 is 1.57 bits per heavy atom. The molecular formula is C33H34N2O5. The summed E-state index contributed by atoms with van der Waals surface area (Å²) < 4.78 is 10.6. The number of nitrogens with one attached hydrogen (secondary N) is 1. The van der Waals surface area contributed by atoms with Crippen molar-refractivity contribution >= 4 is 28.4 Å². The molecule has 1 saturated heterocycles. The number of amides is 1. The lowest BCUT2D eigenvalue weighted by Crippen LogP contribution is -2.31. The minimum absolute atomic E-state index is 0.0557. The molecule has 2 N–H and O–H groups in total. The summed E-state index contributed by atoms with van der Waals surface area (Å²) in [4.78, 5) is 31.8. The summed E-state index contributed by atoms with van der Waals surface area (Å²) in [6, 6.07) is 19.8. The van der Waals surface area contributed by atoms with E-state index in [1.807, 2.05) is 48.7 Å². The number of Topliss-reactive ketones (excluding diaryl/α,β-unsaturated/α-hetero) is 1. The Bertz CT molecular complexity index is 1590. The predicted molar refractivity (Wildman–Crippen MR) is 156 cm³/mol. The van der Waals surface area contributed by atoms with Gasteiger partial charge in [-0.25, -0.2) is 0 Å². The second kappa shape index (κ2) is 10.6. The van der Waals surface area contributed by atoms with Gasteiger partial charge in [-0.2, -0.15) is 0 Å². The van der Waals surface area contributed by atoms with E-state index in [1.165, 1.54) is 0 Å². The van der Waals surface area contributed by atoms with Crippen LogP contribution in [0.2, 0.25) is 0 Å². The number of aliphatic hydroxyl groups is 1. The predicted octanol–water partition coefficient (Wildman–Crippen LogP) is 6.15. The summed E-state index contributed by atoms with van der Waals surface area (Å²) in [5.41, 5.74) is 4.34. The van der Waals surface area contributed by atoms with Crippen LogP contribution in [0.5, 0.6) is 11.5 Å². The van der Waals surface area contributed by atoms with E-state index in [9.17, 15) is 14.7 Å². The van der Waals surface area contributed by atoms with Crippen molar-refractivity contribution in [1.82, 2.24) is 9.88 Å². The summed E-state index contributed by atoms with van der Waals surface area (Å²) in [5, 5.41) is 12.4. The van der Waals surface area contributed by atoms with Gasteiger partial charge in [-0.15, -0.1) is 0 Å². The van der Waals surface area contributed by atoms with Gasteiger partial charge >= 0.3 is 0 Å². The van der Waals surface area contributed by atoms with Crippen molar-refractivity contribution in [2.24, 2.45) is 0 Å². The molecule has 3 aromatic carbocycles. The molecule has 0 saturated carbocycles. The smallest absolute Gasteiger partial charge is 0.295 e. The number of rotatable bonds is 7. The van der Waals surface area contributed by atoms with Crippen molar-refractivity contribution in [3.05, 3.63) is 101 Å². The molecule has 0 bridgehead atoms. The Morgan fingerprint density at radius 3 is 2.20 bits per heavy atom. The Morgan fingerprint density at radius 1 is 0.925 bits per heavy atom. The fourth-order valence-electron chi connectivity index (χ4n) is 5.26. The summed E-state index contributed by atoms with van der Waals surface area (Å²) >= 11 is 0. The molecule has 7 nitrogen and oxygen atoms in total. The summed E-state index contributed by atoms with van der Waals surface area (Å²) in [6.45, 7) is 6.69. The first-order chi connectivity index (χ1) is 19.1. The van der Waals surface area contributed by atoms with Gasteiger partial charge in [-0.1, -0.05) is 45.0 Å². The summed E-state index contributed by atoms with van der Waals surface area (Å²) in [6.07, 6.45) is 2.44. The van der Waals surface area contributed by atoms with Crippen LogP contribution in [0.4, 0.5) is 0 Å². The first kappa shape index (κ1) is 27.1. The van der Waals surface area contributed by atoms with Gasteiger partial charge in [0.05, 0.1) is 25.8 Å². The number of carbonyl (C=O) groups excluding carboxylic acids is 2. The molecule has 206 valence electrons. The zero-order valence-corrected chi connectivity index (χ0v) is 23.4. The van der Waals surface area contributed by atoms with E-state index in [-0.39, 0.29) is 16.7 Å². The molecule has 1 fully saturated rings. The van der Waals surface area contributed by atoms with Crippen LogP contribution in [0, 0.1) is 0 Å². The minimum Gasteiger partial charge on any atom is -0.507 e. The zero-order valence-electron chi connectivity index (χ0n) is 23.4. The van der Waals surface area contributed by atoms with Crippen molar-refractivity contribution in [2.45, 2.75) is 38.6 Å². The van der Waals surface area contributed by atoms with Crippen LogP contribution in [0.3, 0.4) is 0 Å². The first-order valence-electron chi connectivity index (χ1n) is 13.3. The molecule has 0 aliphatic carbocycles. The number of H-pyrrole nitrogens is 1. The number of methoxy groups -OCH3 is 2. The normalized spacial score (nSPS) is 17.0. The van der Waals surface area contributed by atoms with E-state index >= 15 is 0 Å². The quantitative estimate of drug-likeness (QED) is 0.167. The van der Waals surface area contributed by atoms with Gasteiger partial charge in [0.1, 0.15) is 17.3 Å². The molecule has 5 rings (SSSR count). The molecule has 1 aliphatic rings. The number of hydrogen-bond donors (Lipinski definition) is 2. The van der Waals surface area contributed by atoms with Crippen molar-refractivity contribution in [3.63, 3.8) is 0 Å². The Kier molecular flexibility index (Phi) is 7.15. The van der Waals surface area contributed by atoms with Crippen molar-refractivity contribution in [2.75, 3.05) is 20.8 Å². The zero-order chi connectivity index (χ0) is 28.6. The fourth-order valence-corrected chi connectivity index (χ4v) is 5.26. The van der Waals surface area contributed by atoms with Gasteiger partial charge < -0.3 is 24.5 Å². The number of hydrogen-bond acceptors (Lipinski definition) is 5. The number of nitrogens with zero attached hydrogens (tertiary/aromatic N) is 1. The largest absolute Gasteiger partial charge is 0.507 e. The average molecular weight is 539 g/mol. The number of ether oxygens (including phenoxy) is 2. The topological polar surface area (TPSA) is 91.9 Å². The highest BCUT2D eigenvalue weighted by atomic mass is 16.5. The summed E-state index contributed by atoms with van der Waals surface area (Å²) in [7, 11) is 3.19. The number of ketones is 1. The summed E-state index contributed by atoms with van der Waals surface area (Å²) in [5.74, 6) is -0.157. The van der Waals surface area contributed by atoms with Gasteiger partial charge in [-0.3, -0.25) is 9.59 Å². The highest BCUT2D eigenvalue weighted by Gasteiger charge is 2.46. The van der Waals surface area contributed by atoms with Gasteiger partial charge in [-0.05, 0) is 71.0 Å². The highest BCUT2D eigenvalue weighted by Crippen LogP contribution is 2.40. The van der Waals surface area contributed by atoms with E-state index in [0.717, 1.165) is 33.3 Å². The molecule has 1 amide bonds. The second-order valence-corrected chi connectivity index (χ2v) is 11.1. The second-order valence-electron chi connectivity index (χ2n) is 11.1. The van der Waals surface area contributed by atoms with Crippen LogP contribution >= 0.6 is 0 Å². The van der Waals surface area contributed by atoms with E-state index in [2.05, 4.69) is 25.8 Å². The third kappa shape index (κ3) is 4.95. The first-order valence-corrected chi connectivity index (χ1v) is 13.3. The van der Waals surface area contributed by atoms with Crippen LogP contribution in [-0.2, 0) is 21.4 Å². The molecule has 1 aromatic heterocycles. The number of aliphatic hydroxyl groups excluding tert-OH is 1. The number of carbonyl (C=O) groups is 2. The number of aromatic amines is 1. The van der Waals surface area contributed by atoms with E-state index in [1.54, 1.807) is 43.4 Å². The molecule has 4 aromatic rings.